The van der Waals surface area contributed by atoms with E-state index in [2.05, 4.69) is 15.1 Å². The van der Waals surface area contributed by atoms with Gasteiger partial charge in [0.2, 0.25) is 11.3 Å². The van der Waals surface area contributed by atoms with Crippen molar-refractivity contribution >= 4 is 34.4 Å². The molecule has 0 bridgehead atoms. The molecular formula is C27H21ClFN3O3. The zero-order valence-electron chi connectivity index (χ0n) is 19.3. The van der Waals surface area contributed by atoms with Gasteiger partial charge in [-0.05, 0) is 42.0 Å². The molecule has 0 aliphatic heterocycles. The zero-order valence-corrected chi connectivity index (χ0v) is 20.0. The average Bonchev–Trinajstić information content (AvgIpc) is 3.21. The fraction of sp³-hybridized carbons (Fsp3) is 0.185. The third-order valence-corrected chi connectivity index (χ3v) is 5.88. The van der Waals surface area contributed by atoms with Crippen molar-refractivity contribution in [3.05, 3.63) is 88.1 Å². The lowest BCUT2D eigenvalue weighted by Crippen LogP contribution is -2.19. The molecule has 0 radical (unpaired) electrons. The summed E-state index contributed by atoms with van der Waals surface area (Å²) in [6.45, 7) is 10.7. The van der Waals surface area contributed by atoms with E-state index in [9.17, 15) is 14.0 Å². The van der Waals surface area contributed by atoms with Crippen molar-refractivity contribution in [3.8, 4) is 22.5 Å². The highest BCUT2D eigenvalue weighted by Crippen LogP contribution is 2.38. The first-order valence-electron chi connectivity index (χ1n) is 10.8. The molecule has 6 nitrogen and oxygen atoms in total. The number of furan rings is 1. The van der Waals surface area contributed by atoms with Gasteiger partial charge < -0.3 is 14.6 Å². The van der Waals surface area contributed by atoms with Crippen LogP contribution in [0.15, 0.2) is 59.0 Å². The molecule has 4 rings (SSSR count). The molecule has 0 aliphatic carbocycles. The smallest absolute Gasteiger partial charge is 0.255 e. The lowest BCUT2D eigenvalue weighted by molar-refractivity contribution is 0.0957. The molecule has 0 spiro atoms. The van der Waals surface area contributed by atoms with E-state index < -0.39 is 17.3 Å². The number of amides is 1. The molecule has 1 amide bonds. The number of hydrogen-bond acceptors (Lipinski definition) is 4. The van der Waals surface area contributed by atoms with Crippen LogP contribution in [0.1, 0.15) is 41.0 Å². The number of carbonyl (C=O) groups is 2. The van der Waals surface area contributed by atoms with E-state index in [4.69, 9.17) is 22.6 Å². The third kappa shape index (κ3) is 4.79. The van der Waals surface area contributed by atoms with Crippen LogP contribution in [0.2, 0.25) is 5.15 Å². The van der Waals surface area contributed by atoms with Gasteiger partial charge in [0, 0.05) is 37.6 Å². The molecule has 2 heterocycles. The van der Waals surface area contributed by atoms with E-state index in [1.54, 1.807) is 44.2 Å². The SMILES string of the molecule is [C-]#[N+]C(C)(C)CC(=O)c1cccc(-c2cc3c(C(=O)NC)c(-c4ccc(F)cc4)oc3nc2Cl)c1. The maximum Gasteiger partial charge on any atom is 0.255 e. The van der Waals surface area contributed by atoms with Crippen LogP contribution >= 0.6 is 11.6 Å². The molecule has 35 heavy (non-hydrogen) atoms. The number of nitrogens with zero attached hydrogens (tertiary/aromatic N) is 2. The Morgan fingerprint density at radius 1 is 1.14 bits per heavy atom. The lowest BCUT2D eigenvalue weighted by Gasteiger charge is -2.11. The minimum Gasteiger partial charge on any atom is -0.437 e. The maximum absolute atomic E-state index is 13.4. The van der Waals surface area contributed by atoms with Crippen LogP contribution in [-0.2, 0) is 0 Å². The van der Waals surface area contributed by atoms with Crippen LogP contribution in [0, 0.1) is 12.4 Å². The number of pyridine rings is 1. The first-order valence-corrected chi connectivity index (χ1v) is 11.1. The van der Waals surface area contributed by atoms with Crippen molar-refractivity contribution in [3.63, 3.8) is 0 Å². The summed E-state index contributed by atoms with van der Waals surface area (Å²) < 4.78 is 19.3. The second kappa shape index (κ2) is 9.32. The zero-order chi connectivity index (χ0) is 25.3. The van der Waals surface area contributed by atoms with Gasteiger partial charge in [0.05, 0.1) is 17.4 Å². The second-order valence-electron chi connectivity index (χ2n) is 8.68. The average molecular weight is 490 g/mol. The molecule has 176 valence electrons. The van der Waals surface area contributed by atoms with E-state index in [1.807, 2.05) is 0 Å². The van der Waals surface area contributed by atoms with E-state index >= 15 is 0 Å². The van der Waals surface area contributed by atoms with Crippen LogP contribution in [-0.4, -0.2) is 29.3 Å². The van der Waals surface area contributed by atoms with Crippen LogP contribution < -0.4 is 5.32 Å². The molecule has 0 atom stereocenters. The molecule has 2 aromatic carbocycles. The van der Waals surface area contributed by atoms with Gasteiger partial charge in [0.1, 0.15) is 16.7 Å². The number of fused-ring (bicyclic) bond motifs is 1. The fourth-order valence-corrected chi connectivity index (χ4v) is 3.99. The van der Waals surface area contributed by atoms with E-state index in [0.29, 0.717) is 27.6 Å². The Balaban J connectivity index is 1.85. The maximum atomic E-state index is 13.4. The van der Waals surface area contributed by atoms with Crippen LogP contribution in [0.5, 0.6) is 0 Å². The highest BCUT2D eigenvalue weighted by Gasteiger charge is 2.28. The Labute approximate surface area is 206 Å². The molecule has 8 heteroatoms. The number of aromatic nitrogens is 1. The van der Waals surface area contributed by atoms with Crippen molar-refractivity contribution in [2.24, 2.45) is 0 Å². The van der Waals surface area contributed by atoms with Crippen molar-refractivity contribution in [2.45, 2.75) is 25.8 Å². The standard InChI is InChI=1S/C27H21ClFN3O3/c1-27(2,31-4)14-21(33)17-7-5-6-16(12-17)19-13-20-22(25(34)30-3)23(35-26(20)32-24(19)28)15-8-10-18(29)11-9-15/h5-13H,14H2,1-3H3,(H,30,34). The van der Waals surface area contributed by atoms with Crippen molar-refractivity contribution in [1.29, 1.82) is 0 Å². The topological polar surface area (TPSA) is 76.6 Å². The monoisotopic (exact) mass is 489 g/mol. The fourth-order valence-electron chi connectivity index (χ4n) is 3.75. The molecule has 0 saturated heterocycles. The third-order valence-electron chi connectivity index (χ3n) is 5.59. The van der Waals surface area contributed by atoms with Gasteiger partial charge in [0.25, 0.3) is 5.91 Å². The normalized spacial score (nSPS) is 11.3. The lowest BCUT2D eigenvalue weighted by atomic mass is 9.93. The summed E-state index contributed by atoms with van der Waals surface area (Å²) in [5.41, 5.74) is 1.68. The van der Waals surface area contributed by atoms with Crippen LogP contribution in [0.3, 0.4) is 0 Å². The molecule has 0 saturated carbocycles. The first-order chi connectivity index (χ1) is 16.6. The Hall–Kier alpha value is -4.02. The number of carbonyl (C=O) groups excluding carboxylic acids is 2. The summed E-state index contributed by atoms with van der Waals surface area (Å²) in [4.78, 5) is 33.5. The van der Waals surface area contributed by atoms with Gasteiger partial charge in [-0.15, -0.1) is 0 Å². The molecule has 4 aromatic rings. The predicted molar refractivity (Wildman–Crippen MR) is 133 cm³/mol. The van der Waals surface area contributed by atoms with Gasteiger partial charge in [-0.2, -0.15) is 0 Å². The number of Topliss-reactive ketones (excluding diaryl/α,β-unsaturated/α-hetero) is 1. The number of nitrogens with one attached hydrogen (secondary N) is 1. The highest BCUT2D eigenvalue weighted by molar-refractivity contribution is 6.32. The number of halogens is 2. The first kappa shape index (κ1) is 24.1. The summed E-state index contributed by atoms with van der Waals surface area (Å²) in [6.07, 6.45) is 0.0779. The van der Waals surface area contributed by atoms with Crippen molar-refractivity contribution < 1.29 is 18.4 Å². The Morgan fingerprint density at radius 2 is 1.86 bits per heavy atom. The van der Waals surface area contributed by atoms with Crippen molar-refractivity contribution in [1.82, 2.24) is 10.3 Å². The van der Waals surface area contributed by atoms with E-state index in [-0.39, 0.29) is 34.4 Å². The highest BCUT2D eigenvalue weighted by atomic mass is 35.5. The molecule has 0 aliphatic rings. The molecule has 2 aromatic heterocycles. The summed E-state index contributed by atoms with van der Waals surface area (Å²) in [5, 5.41) is 3.16. The Kier molecular flexibility index (Phi) is 6.42. The van der Waals surface area contributed by atoms with Gasteiger partial charge in [0.15, 0.2) is 5.78 Å². The largest absolute Gasteiger partial charge is 0.437 e. The summed E-state index contributed by atoms with van der Waals surface area (Å²) >= 11 is 6.49. The number of hydrogen-bond donors (Lipinski definition) is 1. The minimum absolute atomic E-state index is 0.0779. The van der Waals surface area contributed by atoms with Crippen LogP contribution in [0.25, 0.3) is 38.4 Å². The molecule has 1 N–H and O–H groups in total. The van der Waals surface area contributed by atoms with E-state index in [0.717, 1.165) is 0 Å². The van der Waals surface area contributed by atoms with Gasteiger partial charge in [-0.3, -0.25) is 9.59 Å². The van der Waals surface area contributed by atoms with Gasteiger partial charge >= 0.3 is 0 Å². The summed E-state index contributed by atoms with van der Waals surface area (Å²) in [5.74, 6) is -0.733. The minimum atomic E-state index is -0.804. The van der Waals surface area contributed by atoms with Gasteiger partial charge in [-0.1, -0.05) is 29.8 Å². The molecule has 0 unspecified atom stereocenters. The van der Waals surface area contributed by atoms with Gasteiger partial charge in [-0.25, -0.2) is 15.9 Å². The number of ketones is 1. The summed E-state index contributed by atoms with van der Waals surface area (Å²) in [6, 6.07) is 14.2. The Morgan fingerprint density at radius 3 is 2.51 bits per heavy atom. The van der Waals surface area contributed by atoms with Crippen LogP contribution in [0.4, 0.5) is 4.39 Å². The summed E-state index contributed by atoms with van der Waals surface area (Å²) in [7, 11) is 1.50. The second-order valence-corrected chi connectivity index (χ2v) is 9.03. The molecular weight excluding hydrogens is 469 g/mol. The number of rotatable bonds is 6. The van der Waals surface area contributed by atoms with E-state index in [1.165, 1.54) is 31.3 Å². The Bertz CT molecular complexity index is 1500. The quantitative estimate of drug-likeness (QED) is 0.188. The predicted octanol–water partition coefficient (Wildman–Crippen LogP) is 6.58. The van der Waals surface area contributed by atoms with Crippen molar-refractivity contribution in [2.75, 3.05) is 7.05 Å². The molecule has 0 fully saturated rings. The number of benzene rings is 2.